The molecule has 2 rings (SSSR count). The number of halogens is 2. The monoisotopic (exact) mass is 569 g/mol. The number of carbonyl (C=O) groups excluding carboxylic acids is 2. The predicted molar refractivity (Wildman–Crippen MR) is 152 cm³/mol. The Morgan fingerprint density at radius 1 is 1.00 bits per heavy atom. The van der Waals surface area contributed by atoms with Crippen molar-refractivity contribution < 1.29 is 18.0 Å². The summed E-state index contributed by atoms with van der Waals surface area (Å²) in [5, 5.41) is 3.75. The van der Waals surface area contributed by atoms with Gasteiger partial charge in [0.2, 0.25) is 21.8 Å². The molecule has 1 N–H and O–H groups in total. The van der Waals surface area contributed by atoms with E-state index >= 15 is 0 Å². The summed E-state index contributed by atoms with van der Waals surface area (Å²) in [7, 11) is -3.56. The summed E-state index contributed by atoms with van der Waals surface area (Å²) in [6.45, 7) is 10.2. The van der Waals surface area contributed by atoms with Crippen molar-refractivity contribution in [2.24, 2.45) is 5.92 Å². The smallest absolute Gasteiger partial charge is 0.242 e. The van der Waals surface area contributed by atoms with Crippen molar-refractivity contribution in [1.82, 2.24) is 10.2 Å². The maximum Gasteiger partial charge on any atom is 0.242 e. The molecule has 0 heterocycles. The van der Waals surface area contributed by atoms with E-state index in [1.165, 1.54) is 9.21 Å². The van der Waals surface area contributed by atoms with Crippen molar-refractivity contribution in [3.05, 3.63) is 63.1 Å². The minimum atomic E-state index is -3.56. The largest absolute Gasteiger partial charge is 0.354 e. The van der Waals surface area contributed by atoms with Gasteiger partial charge in [0, 0.05) is 36.1 Å². The van der Waals surface area contributed by atoms with Crippen LogP contribution in [0.4, 0.5) is 5.69 Å². The molecule has 0 aliphatic carbocycles. The highest BCUT2D eigenvalue weighted by Gasteiger charge is 2.27. The van der Waals surface area contributed by atoms with Crippen LogP contribution in [0.15, 0.2) is 36.4 Å². The van der Waals surface area contributed by atoms with E-state index in [2.05, 4.69) is 5.32 Å². The van der Waals surface area contributed by atoms with Crippen LogP contribution in [0.1, 0.15) is 50.3 Å². The van der Waals surface area contributed by atoms with E-state index in [-0.39, 0.29) is 43.7 Å². The molecule has 1 atom stereocenters. The van der Waals surface area contributed by atoms with Crippen LogP contribution in [-0.4, -0.2) is 50.5 Å². The Morgan fingerprint density at radius 3 is 2.16 bits per heavy atom. The molecule has 0 fully saturated rings. The minimum absolute atomic E-state index is 0.0594. The van der Waals surface area contributed by atoms with E-state index in [1.807, 2.05) is 45.9 Å². The number of aryl methyl sites for hydroxylation is 2. The summed E-state index contributed by atoms with van der Waals surface area (Å²) in [5.41, 5.74) is 3.13. The van der Waals surface area contributed by atoms with E-state index in [0.717, 1.165) is 17.4 Å². The molecule has 0 aliphatic rings. The summed E-state index contributed by atoms with van der Waals surface area (Å²) in [5.74, 6) is -0.273. The zero-order valence-electron chi connectivity index (χ0n) is 22.3. The number of hydrogen-bond acceptors (Lipinski definition) is 4. The van der Waals surface area contributed by atoms with E-state index in [0.29, 0.717) is 27.8 Å². The fourth-order valence-electron chi connectivity index (χ4n) is 3.97. The lowest BCUT2D eigenvalue weighted by atomic mass is 10.1. The Bertz CT molecular complexity index is 1200. The second-order valence-corrected chi connectivity index (χ2v) is 12.6. The number of anilines is 1. The predicted octanol–water partition coefficient (Wildman–Crippen LogP) is 5.35. The Kier molecular flexibility index (Phi) is 11.3. The molecule has 37 heavy (non-hydrogen) atoms. The quantitative estimate of drug-likeness (QED) is 0.373. The van der Waals surface area contributed by atoms with Crippen LogP contribution in [0.2, 0.25) is 10.0 Å². The van der Waals surface area contributed by atoms with Gasteiger partial charge in [0.25, 0.3) is 0 Å². The normalized spacial score (nSPS) is 12.4. The van der Waals surface area contributed by atoms with Crippen molar-refractivity contribution in [1.29, 1.82) is 0 Å². The number of rotatable bonds is 12. The molecule has 2 amide bonds. The third-order valence-corrected chi connectivity index (χ3v) is 7.64. The first-order valence-corrected chi connectivity index (χ1v) is 14.9. The summed E-state index contributed by atoms with van der Waals surface area (Å²) in [6.07, 6.45) is 1.50. The molecule has 0 bridgehead atoms. The van der Waals surface area contributed by atoms with Gasteiger partial charge in [0.15, 0.2) is 0 Å². The fourth-order valence-corrected chi connectivity index (χ4v) is 5.38. The Balaban J connectivity index is 2.22. The molecular weight excluding hydrogens is 533 g/mol. The molecule has 10 heteroatoms. The number of amides is 2. The maximum absolute atomic E-state index is 13.4. The van der Waals surface area contributed by atoms with Crippen molar-refractivity contribution in [3.8, 4) is 0 Å². The van der Waals surface area contributed by atoms with Crippen LogP contribution in [0.5, 0.6) is 0 Å². The zero-order valence-corrected chi connectivity index (χ0v) is 24.7. The van der Waals surface area contributed by atoms with Crippen molar-refractivity contribution >= 4 is 50.7 Å². The van der Waals surface area contributed by atoms with Crippen LogP contribution in [0.3, 0.4) is 0 Å². The lowest BCUT2D eigenvalue weighted by Crippen LogP contribution is -2.48. The Morgan fingerprint density at radius 2 is 1.62 bits per heavy atom. The molecule has 2 aromatic carbocycles. The van der Waals surface area contributed by atoms with Gasteiger partial charge in [-0.05, 0) is 74.1 Å². The minimum Gasteiger partial charge on any atom is -0.354 e. The number of carbonyl (C=O) groups is 2. The first-order chi connectivity index (χ1) is 17.2. The summed E-state index contributed by atoms with van der Waals surface area (Å²) in [4.78, 5) is 27.7. The molecule has 0 aliphatic heterocycles. The standard InChI is InChI=1S/C27H37Cl2N3O4S/c1-18(2)16-30-27(34)21(5)31(17-22-9-10-23(28)15-25(22)29)26(33)8-7-11-32(37(6,35)36)24-13-19(3)12-20(4)14-24/h9-10,12-15,18,21H,7-8,11,16-17H2,1-6H3,(H,30,34)/t21-/m1/s1. The van der Waals surface area contributed by atoms with Gasteiger partial charge in [-0.2, -0.15) is 0 Å². The van der Waals surface area contributed by atoms with Crippen molar-refractivity contribution in [2.75, 3.05) is 23.7 Å². The average Bonchev–Trinajstić information content (AvgIpc) is 2.77. The lowest BCUT2D eigenvalue weighted by Gasteiger charge is -2.30. The molecule has 0 radical (unpaired) electrons. The Hall–Kier alpha value is -2.29. The van der Waals surface area contributed by atoms with Crippen LogP contribution in [0, 0.1) is 19.8 Å². The molecular formula is C27H37Cl2N3O4S. The maximum atomic E-state index is 13.4. The van der Waals surface area contributed by atoms with Gasteiger partial charge in [-0.3, -0.25) is 13.9 Å². The third-order valence-electron chi connectivity index (χ3n) is 5.85. The van der Waals surface area contributed by atoms with E-state index in [1.54, 1.807) is 25.1 Å². The molecule has 0 unspecified atom stereocenters. The van der Waals surface area contributed by atoms with Crippen molar-refractivity contribution in [2.45, 2.75) is 60.0 Å². The third kappa shape index (κ3) is 9.51. The molecule has 0 saturated heterocycles. The van der Waals surface area contributed by atoms with Gasteiger partial charge in [0.05, 0.1) is 11.9 Å². The van der Waals surface area contributed by atoms with E-state index in [9.17, 15) is 18.0 Å². The number of benzene rings is 2. The van der Waals surface area contributed by atoms with Gasteiger partial charge in [-0.25, -0.2) is 8.42 Å². The molecule has 2 aromatic rings. The first kappa shape index (κ1) is 30.9. The zero-order chi connectivity index (χ0) is 27.9. The van der Waals surface area contributed by atoms with Crippen LogP contribution in [-0.2, 0) is 26.2 Å². The molecule has 204 valence electrons. The number of sulfonamides is 1. The average molecular weight is 571 g/mol. The van der Waals surface area contributed by atoms with Gasteiger partial charge in [0.1, 0.15) is 6.04 Å². The SMILES string of the molecule is Cc1cc(C)cc(N(CCCC(=O)N(Cc2ccc(Cl)cc2Cl)[C@H](C)C(=O)NCC(C)C)S(C)(=O)=O)c1. The van der Waals surface area contributed by atoms with Crippen LogP contribution < -0.4 is 9.62 Å². The highest BCUT2D eigenvalue weighted by molar-refractivity contribution is 7.92. The second-order valence-electron chi connectivity index (χ2n) is 9.86. The first-order valence-electron chi connectivity index (χ1n) is 12.3. The fraction of sp³-hybridized carbons (Fsp3) is 0.481. The summed E-state index contributed by atoms with van der Waals surface area (Å²) >= 11 is 12.4. The van der Waals surface area contributed by atoms with Gasteiger partial charge in [-0.15, -0.1) is 0 Å². The molecule has 0 saturated carbocycles. The molecule has 0 aromatic heterocycles. The lowest BCUT2D eigenvalue weighted by molar-refractivity contribution is -0.140. The van der Waals surface area contributed by atoms with Crippen molar-refractivity contribution in [3.63, 3.8) is 0 Å². The summed E-state index contributed by atoms with van der Waals surface area (Å²) in [6, 6.07) is 9.86. The van der Waals surface area contributed by atoms with Gasteiger partial charge < -0.3 is 10.2 Å². The van der Waals surface area contributed by atoms with Crippen LogP contribution >= 0.6 is 23.2 Å². The van der Waals surface area contributed by atoms with Gasteiger partial charge in [-0.1, -0.05) is 49.2 Å². The number of nitrogens with one attached hydrogen (secondary N) is 1. The summed E-state index contributed by atoms with van der Waals surface area (Å²) < 4.78 is 26.4. The van der Waals surface area contributed by atoms with Gasteiger partial charge >= 0.3 is 0 Å². The topological polar surface area (TPSA) is 86.8 Å². The highest BCUT2D eigenvalue weighted by atomic mass is 35.5. The number of hydrogen-bond donors (Lipinski definition) is 1. The molecule has 7 nitrogen and oxygen atoms in total. The Labute approximate surface area is 231 Å². The van der Waals surface area contributed by atoms with E-state index in [4.69, 9.17) is 23.2 Å². The highest BCUT2D eigenvalue weighted by Crippen LogP contribution is 2.25. The van der Waals surface area contributed by atoms with Crippen LogP contribution in [0.25, 0.3) is 0 Å². The number of nitrogens with zero attached hydrogens (tertiary/aromatic N) is 2. The molecule has 0 spiro atoms. The second kappa shape index (κ2) is 13.5. The van der Waals surface area contributed by atoms with E-state index < -0.39 is 16.1 Å².